The summed E-state index contributed by atoms with van der Waals surface area (Å²) in [4.78, 5) is 21.7. The number of hydrogen-bond acceptors (Lipinski definition) is 3. The third kappa shape index (κ3) is 3.28. The Morgan fingerprint density at radius 1 is 1.25 bits per heavy atom. The zero-order valence-electron chi connectivity index (χ0n) is 8.36. The maximum absolute atomic E-state index is 11.3. The Hall–Kier alpha value is -2.59. The highest BCUT2D eigenvalue weighted by Crippen LogP contribution is 2.05. The number of carbonyl (C=O) groups excluding carboxylic acids is 2. The van der Waals surface area contributed by atoms with Crippen LogP contribution in [0.5, 0.6) is 0 Å². The Bertz CT molecular complexity index is 513. The van der Waals surface area contributed by atoms with Crippen molar-refractivity contribution >= 4 is 11.7 Å². The Kier molecular flexibility index (Phi) is 3.83. The second kappa shape index (κ2) is 5.33. The van der Waals surface area contributed by atoms with Gasteiger partial charge < -0.3 is 5.73 Å². The molecule has 78 valence electrons. The molecule has 4 heteroatoms. The van der Waals surface area contributed by atoms with E-state index in [1.165, 1.54) is 0 Å². The van der Waals surface area contributed by atoms with Crippen molar-refractivity contribution < 1.29 is 9.59 Å². The molecule has 0 saturated carbocycles. The summed E-state index contributed by atoms with van der Waals surface area (Å²) in [5.74, 6) is 3.79. The van der Waals surface area contributed by atoms with Crippen LogP contribution in [0.2, 0.25) is 0 Å². The maximum atomic E-state index is 11.3. The molecule has 0 spiro atoms. The number of hydrogen-bond donors (Lipinski definition) is 1. The average molecular weight is 212 g/mol. The van der Waals surface area contributed by atoms with Crippen molar-refractivity contribution in [3.8, 4) is 17.9 Å². The first-order valence-electron chi connectivity index (χ1n) is 4.45. The predicted octanol–water partition coefficient (Wildman–Crippen LogP) is 0.620. The number of nitrogens with zero attached hydrogens (tertiary/aromatic N) is 1. The molecule has 0 radical (unpaired) electrons. The van der Waals surface area contributed by atoms with Crippen LogP contribution in [-0.2, 0) is 4.79 Å². The first-order chi connectivity index (χ1) is 7.63. The fraction of sp³-hybridized carbons (Fsp3) is 0.0833. The number of amides is 1. The van der Waals surface area contributed by atoms with Crippen LogP contribution in [0.4, 0.5) is 0 Å². The zero-order chi connectivity index (χ0) is 12.0. The second-order valence-corrected chi connectivity index (χ2v) is 2.95. The summed E-state index contributed by atoms with van der Waals surface area (Å²) in [5.41, 5.74) is 5.90. The van der Waals surface area contributed by atoms with E-state index in [9.17, 15) is 9.59 Å². The van der Waals surface area contributed by atoms with Crippen molar-refractivity contribution in [1.82, 2.24) is 0 Å². The van der Waals surface area contributed by atoms with Gasteiger partial charge in [-0.1, -0.05) is 18.1 Å². The van der Waals surface area contributed by atoms with Gasteiger partial charge in [0.25, 0.3) is 5.91 Å². The van der Waals surface area contributed by atoms with Gasteiger partial charge in [0.2, 0.25) is 0 Å². The Balaban J connectivity index is 2.85. The van der Waals surface area contributed by atoms with Gasteiger partial charge in [-0.3, -0.25) is 9.59 Å². The van der Waals surface area contributed by atoms with Crippen LogP contribution >= 0.6 is 0 Å². The number of Topliss-reactive ketones (excluding diaryl/α,β-unsaturated/α-hetero) is 1. The number of carbonyl (C=O) groups is 2. The third-order valence-corrected chi connectivity index (χ3v) is 1.78. The minimum atomic E-state index is -0.704. The summed E-state index contributed by atoms with van der Waals surface area (Å²) >= 11 is 0. The molecule has 0 saturated heterocycles. The highest BCUT2D eigenvalue weighted by molar-refractivity contribution is 5.97. The average Bonchev–Trinajstić information content (AvgIpc) is 2.27. The van der Waals surface area contributed by atoms with E-state index in [1.807, 2.05) is 0 Å². The van der Waals surface area contributed by atoms with E-state index in [0.717, 1.165) is 0 Å². The Labute approximate surface area is 92.7 Å². The van der Waals surface area contributed by atoms with Gasteiger partial charge in [0.05, 0.1) is 12.5 Å². The van der Waals surface area contributed by atoms with E-state index >= 15 is 0 Å². The quantitative estimate of drug-likeness (QED) is 0.576. The molecule has 1 aromatic carbocycles. The highest BCUT2D eigenvalue weighted by Gasteiger charge is 2.03. The van der Waals surface area contributed by atoms with Gasteiger partial charge in [-0.15, -0.1) is 0 Å². The highest BCUT2D eigenvalue weighted by atomic mass is 16.1. The Morgan fingerprint density at radius 3 is 2.38 bits per heavy atom. The van der Waals surface area contributed by atoms with Crippen LogP contribution in [0, 0.1) is 23.2 Å². The molecule has 0 aliphatic carbocycles. The van der Waals surface area contributed by atoms with Crippen LogP contribution < -0.4 is 5.73 Å². The predicted molar refractivity (Wildman–Crippen MR) is 57.1 cm³/mol. The number of nitrogens with two attached hydrogens (primary N) is 1. The normalized spacial score (nSPS) is 8.44. The molecule has 0 aliphatic heterocycles. The lowest BCUT2D eigenvalue weighted by Gasteiger charge is -1.95. The second-order valence-electron chi connectivity index (χ2n) is 2.95. The molecule has 4 nitrogen and oxygen atoms in total. The standard InChI is InChI=1S/C12H8N2O2/c13-8-7-11(15)10-4-1-9(2-5-10)3-6-12(14)16/h1-2,4-5H,7H2,(H2,14,16). The summed E-state index contributed by atoms with van der Waals surface area (Å²) in [6.07, 6.45) is -0.147. The molecular formula is C12H8N2O2. The Morgan fingerprint density at radius 2 is 1.88 bits per heavy atom. The van der Waals surface area contributed by atoms with Gasteiger partial charge in [-0.05, 0) is 18.1 Å². The van der Waals surface area contributed by atoms with Crippen LogP contribution in [0.1, 0.15) is 22.3 Å². The van der Waals surface area contributed by atoms with Crippen molar-refractivity contribution in [2.24, 2.45) is 5.73 Å². The van der Waals surface area contributed by atoms with Crippen molar-refractivity contribution in [2.45, 2.75) is 6.42 Å². The molecule has 1 aromatic rings. The lowest BCUT2D eigenvalue weighted by atomic mass is 10.1. The summed E-state index contributed by atoms with van der Waals surface area (Å²) in [6.45, 7) is 0. The summed E-state index contributed by atoms with van der Waals surface area (Å²) in [6, 6.07) is 8.10. The topological polar surface area (TPSA) is 83.9 Å². The number of primary amides is 1. The van der Waals surface area contributed by atoms with Crippen LogP contribution in [0.25, 0.3) is 0 Å². The van der Waals surface area contributed by atoms with Gasteiger partial charge in [0.1, 0.15) is 0 Å². The summed E-state index contributed by atoms with van der Waals surface area (Å²) < 4.78 is 0. The van der Waals surface area contributed by atoms with E-state index in [4.69, 9.17) is 11.0 Å². The van der Waals surface area contributed by atoms with E-state index in [2.05, 4.69) is 11.8 Å². The lowest BCUT2D eigenvalue weighted by Crippen LogP contribution is -2.06. The summed E-state index contributed by atoms with van der Waals surface area (Å²) in [5, 5.41) is 8.35. The van der Waals surface area contributed by atoms with Gasteiger partial charge in [-0.2, -0.15) is 5.26 Å². The molecule has 0 heterocycles. The van der Waals surface area contributed by atoms with Crippen LogP contribution in [0.3, 0.4) is 0 Å². The van der Waals surface area contributed by atoms with Gasteiger partial charge in [-0.25, -0.2) is 0 Å². The van der Waals surface area contributed by atoms with Crippen molar-refractivity contribution in [3.63, 3.8) is 0 Å². The van der Waals surface area contributed by atoms with Crippen LogP contribution in [0.15, 0.2) is 24.3 Å². The SMILES string of the molecule is N#CCC(=O)c1ccc(C#CC(N)=O)cc1. The molecule has 0 aromatic heterocycles. The fourth-order valence-electron chi connectivity index (χ4n) is 1.05. The first-order valence-corrected chi connectivity index (χ1v) is 4.45. The van der Waals surface area contributed by atoms with Gasteiger partial charge >= 0.3 is 0 Å². The summed E-state index contributed by atoms with van der Waals surface area (Å²) in [7, 11) is 0. The largest absolute Gasteiger partial charge is 0.359 e. The number of benzene rings is 1. The van der Waals surface area contributed by atoms with E-state index in [-0.39, 0.29) is 12.2 Å². The fourth-order valence-corrected chi connectivity index (χ4v) is 1.05. The minimum Gasteiger partial charge on any atom is -0.359 e. The van der Waals surface area contributed by atoms with E-state index in [0.29, 0.717) is 11.1 Å². The number of ketones is 1. The van der Waals surface area contributed by atoms with Crippen molar-refractivity contribution in [1.29, 1.82) is 5.26 Å². The minimum absolute atomic E-state index is 0.147. The molecule has 16 heavy (non-hydrogen) atoms. The molecule has 0 bridgehead atoms. The molecule has 0 unspecified atom stereocenters. The van der Waals surface area contributed by atoms with Crippen molar-refractivity contribution in [3.05, 3.63) is 35.4 Å². The van der Waals surface area contributed by atoms with Gasteiger partial charge in [0, 0.05) is 11.1 Å². The lowest BCUT2D eigenvalue weighted by molar-refractivity contribution is -0.112. The monoisotopic (exact) mass is 212 g/mol. The molecule has 0 aliphatic rings. The number of nitriles is 1. The molecule has 0 atom stereocenters. The molecule has 2 N–H and O–H groups in total. The molecule has 0 fully saturated rings. The number of rotatable bonds is 2. The van der Waals surface area contributed by atoms with Gasteiger partial charge in [0.15, 0.2) is 5.78 Å². The zero-order valence-corrected chi connectivity index (χ0v) is 8.36. The molecule has 1 rings (SSSR count). The molecule has 1 amide bonds. The third-order valence-electron chi connectivity index (χ3n) is 1.78. The van der Waals surface area contributed by atoms with Crippen molar-refractivity contribution in [2.75, 3.05) is 0 Å². The smallest absolute Gasteiger partial charge is 0.293 e. The van der Waals surface area contributed by atoms with E-state index in [1.54, 1.807) is 30.3 Å². The molecular weight excluding hydrogens is 204 g/mol. The maximum Gasteiger partial charge on any atom is 0.293 e. The van der Waals surface area contributed by atoms with Crippen LogP contribution in [-0.4, -0.2) is 11.7 Å². The first kappa shape index (κ1) is 11.5. The van der Waals surface area contributed by atoms with E-state index < -0.39 is 5.91 Å².